The zero-order valence-electron chi connectivity index (χ0n) is 9.03. The van der Waals surface area contributed by atoms with Crippen molar-refractivity contribution in [3.8, 4) is 0 Å². The van der Waals surface area contributed by atoms with Crippen molar-refractivity contribution in [3.05, 3.63) is 28.7 Å². The van der Waals surface area contributed by atoms with Gasteiger partial charge in [-0.25, -0.2) is 0 Å². The lowest BCUT2D eigenvalue weighted by Crippen LogP contribution is -2.28. The second kappa shape index (κ2) is 6.31. The molecule has 0 aliphatic carbocycles. The lowest BCUT2D eigenvalue weighted by Gasteiger charge is -2.05. The van der Waals surface area contributed by atoms with E-state index in [9.17, 15) is 4.79 Å². The van der Waals surface area contributed by atoms with Crippen LogP contribution in [0.3, 0.4) is 0 Å². The second-order valence-electron chi connectivity index (χ2n) is 3.13. The highest BCUT2D eigenvalue weighted by atomic mass is 79.9. The van der Waals surface area contributed by atoms with Crippen molar-refractivity contribution in [1.29, 1.82) is 0 Å². The fraction of sp³-hybridized carbons (Fsp3) is 0.100. The third-order valence-corrected chi connectivity index (χ3v) is 2.38. The molecule has 0 bridgehead atoms. The van der Waals surface area contributed by atoms with Gasteiger partial charge < -0.3 is 11.1 Å². The number of thiocarbonyl (C=S) groups is 1. The van der Waals surface area contributed by atoms with Gasteiger partial charge in [0.05, 0.1) is 0 Å². The van der Waals surface area contributed by atoms with E-state index in [1.165, 1.54) is 0 Å². The van der Waals surface area contributed by atoms with E-state index in [-0.39, 0.29) is 16.7 Å². The minimum atomic E-state index is -0.323. The number of carbonyl (C=O) groups is 1. The summed E-state index contributed by atoms with van der Waals surface area (Å²) in [5.41, 5.74) is 8.46. The summed E-state index contributed by atoms with van der Waals surface area (Å²) in [6.07, 6.45) is 0. The van der Waals surface area contributed by atoms with Gasteiger partial charge in [0.2, 0.25) is 0 Å². The maximum Gasteiger partial charge on any atom is 0.271 e. The zero-order chi connectivity index (χ0) is 12.8. The molecule has 5 nitrogen and oxygen atoms in total. The molecule has 4 N–H and O–H groups in total. The SMILES string of the molecule is CC(=NNC(N)=S)C(=O)Nc1ccc(Br)cc1. The van der Waals surface area contributed by atoms with Gasteiger partial charge in [-0.2, -0.15) is 5.10 Å². The van der Waals surface area contributed by atoms with Crippen LogP contribution >= 0.6 is 28.1 Å². The highest BCUT2D eigenvalue weighted by Crippen LogP contribution is 2.13. The summed E-state index contributed by atoms with van der Waals surface area (Å²) in [6.45, 7) is 1.56. The van der Waals surface area contributed by atoms with Crippen molar-refractivity contribution < 1.29 is 4.79 Å². The van der Waals surface area contributed by atoms with Gasteiger partial charge in [-0.1, -0.05) is 15.9 Å². The first-order valence-corrected chi connectivity index (χ1v) is 5.86. The van der Waals surface area contributed by atoms with Crippen molar-refractivity contribution in [2.45, 2.75) is 6.92 Å². The molecular formula is C10H11BrN4OS. The van der Waals surface area contributed by atoms with Crippen molar-refractivity contribution in [1.82, 2.24) is 5.43 Å². The quantitative estimate of drug-likeness (QED) is 0.450. The number of nitrogens with one attached hydrogen (secondary N) is 2. The van der Waals surface area contributed by atoms with Crippen LogP contribution in [0.1, 0.15) is 6.92 Å². The normalized spacial score (nSPS) is 10.8. The number of hydrazone groups is 1. The first-order valence-electron chi connectivity index (χ1n) is 4.65. The van der Waals surface area contributed by atoms with E-state index in [1.54, 1.807) is 19.1 Å². The van der Waals surface area contributed by atoms with Gasteiger partial charge in [0, 0.05) is 10.2 Å². The van der Waals surface area contributed by atoms with Crippen LogP contribution in [0, 0.1) is 0 Å². The maximum atomic E-state index is 11.6. The van der Waals surface area contributed by atoms with Gasteiger partial charge in [0.15, 0.2) is 5.11 Å². The summed E-state index contributed by atoms with van der Waals surface area (Å²) in [4.78, 5) is 11.6. The largest absolute Gasteiger partial charge is 0.375 e. The average molecular weight is 315 g/mol. The van der Waals surface area contributed by atoms with Crippen molar-refractivity contribution >= 4 is 50.6 Å². The Kier molecular flexibility index (Phi) is 5.05. The van der Waals surface area contributed by atoms with Gasteiger partial charge in [0.1, 0.15) is 5.71 Å². The number of nitrogens with two attached hydrogens (primary N) is 1. The number of rotatable bonds is 3. The predicted molar refractivity (Wildman–Crippen MR) is 75.8 cm³/mol. The van der Waals surface area contributed by atoms with E-state index in [0.29, 0.717) is 5.69 Å². The highest BCUT2D eigenvalue weighted by Gasteiger charge is 2.06. The van der Waals surface area contributed by atoms with E-state index in [4.69, 9.17) is 5.73 Å². The van der Waals surface area contributed by atoms with Crippen LogP contribution in [0.25, 0.3) is 0 Å². The molecule has 1 aromatic rings. The Bertz CT molecular complexity index is 458. The Hall–Kier alpha value is -1.47. The average Bonchev–Trinajstić information content (AvgIpc) is 2.28. The number of anilines is 1. The smallest absolute Gasteiger partial charge is 0.271 e. The van der Waals surface area contributed by atoms with Crippen LogP contribution in [0.2, 0.25) is 0 Å². The van der Waals surface area contributed by atoms with Crippen molar-refractivity contribution in [2.75, 3.05) is 5.32 Å². The van der Waals surface area contributed by atoms with Crippen LogP contribution in [-0.4, -0.2) is 16.7 Å². The monoisotopic (exact) mass is 314 g/mol. The number of amides is 1. The molecule has 1 rings (SSSR count). The molecule has 1 amide bonds. The lowest BCUT2D eigenvalue weighted by atomic mass is 10.3. The Morgan fingerprint density at radius 3 is 2.53 bits per heavy atom. The molecule has 17 heavy (non-hydrogen) atoms. The minimum Gasteiger partial charge on any atom is -0.375 e. The van der Waals surface area contributed by atoms with E-state index in [0.717, 1.165) is 4.47 Å². The molecule has 0 aliphatic rings. The summed E-state index contributed by atoms with van der Waals surface area (Å²) in [6, 6.07) is 7.21. The van der Waals surface area contributed by atoms with Crippen LogP contribution in [0.4, 0.5) is 5.69 Å². The lowest BCUT2D eigenvalue weighted by molar-refractivity contribution is -0.110. The number of nitrogens with zero attached hydrogens (tertiary/aromatic N) is 1. The van der Waals surface area contributed by atoms with Crippen LogP contribution < -0.4 is 16.5 Å². The molecule has 0 heterocycles. The molecule has 0 fully saturated rings. The van der Waals surface area contributed by atoms with Crippen LogP contribution in [0.5, 0.6) is 0 Å². The number of hydrogen-bond donors (Lipinski definition) is 3. The first-order chi connectivity index (χ1) is 7.99. The fourth-order valence-corrected chi connectivity index (χ4v) is 1.25. The maximum absolute atomic E-state index is 11.6. The predicted octanol–water partition coefficient (Wildman–Crippen LogP) is 1.60. The summed E-state index contributed by atoms with van der Waals surface area (Å²) in [5, 5.41) is 6.41. The van der Waals surface area contributed by atoms with Gasteiger partial charge in [-0.05, 0) is 43.4 Å². The summed E-state index contributed by atoms with van der Waals surface area (Å²) >= 11 is 7.87. The van der Waals surface area contributed by atoms with Gasteiger partial charge in [-0.3, -0.25) is 10.2 Å². The van der Waals surface area contributed by atoms with Crippen LogP contribution in [0.15, 0.2) is 33.8 Å². The van der Waals surface area contributed by atoms with Gasteiger partial charge in [-0.15, -0.1) is 0 Å². The standard InChI is InChI=1S/C10H11BrN4OS/c1-6(14-15-10(12)17)9(16)13-8-4-2-7(11)3-5-8/h2-5H,1H3,(H,13,16)(H3,12,15,17). The minimum absolute atomic E-state index is 0.0146. The van der Waals surface area contributed by atoms with Crippen molar-refractivity contribution in [2.24, 2.45) is 10.8 Å². The number of hydrogen-bond acceptors (Lipinski definition) is 3. The molecule has 0 unspecified atom stereocenters. The summed E-state index contributed by atoms with van der Waals surface area (Å²) in [5.74, 6) is -0.323. The number of benzene rings is 1. The molecule has 0 atom stereocenters. The van der Waals surface area contributed by atoms with E-state index in [1.807, 2.05) is 12.1 Å². The molecule has 0 aromatic heterocycles. The zero-order valence-corrected chi connectivity index (χ0v) is 11.4. The fourth-order valence-electron chi connectivity index (χ4n) is 0.944. The second-order valence-corrected chi connectivity index (χ2v) is 4.49. The molecule has 0 aliphatic heterocycles. The van der Waals surface area contributed by atoms with E-state index in [2.05, 4.69) is 44.0 Å². The molecule has 0 spiro atoms. The Morgan fingerprint density at radius 2 is 2.00 bits per heavy atom. The molecule has 0 radical (unpaired) electrons. The van der Waals surface area contributed by atoms with E-state index < -0.39 is 0 Å². The molecule has 90 valence electrons. The Labute approximate surface area is 113 Å². The van der Waals surface area contributed by atoms with E-state index >= 15 is 0 Å². The third-order valence-electron chi connectivity index (χ3n) is 1.76. The number of halogens is 1. The molecule has 1 aromatic carbocycles. The Morgan fingerprint density at radius 1 is 1.41 bits per heavy atom. The summed E-state index contributed by atoms with van der Waals surface area (Å²) in [7, 11) is 0. The highest BCUT2D eigenvalue weighted by molar-refractivity contribution is 9.10. The van der Waals surface area contributed by atoms with Crippen molar-refractivity contribution in [3.63, 3.8) is 0 Å². The number of carbonyl (C=O) groups excluding carboxylic acids is 1. The summed E-state index contributed by atoms with van der Waals surface area (Å²) < 4.78 is 0.941. The van der Waals surface area contributed by atoms with Gasteiger partial charge in [0.25, 0.3) is 5.91 Å². The topological polar surface area (TPSA) is 79.5 Å². The molecule has 0 saturated heterocycles. The molecule has 0 saturated carbocycles. The third kappa shape index (κ3) is 4.92. The Balaban J connectivity index is 2.63. The molecular weight excluding hydrogens is 304 g/mol. The van der Waals surface area contributed by atoms with Gasteiger partial charge >= 0.3 is 0 Å². The van der Waals surface area contributed by atoms with Crippen LogP contribution in [-0.2, 0) is 4.79 Å². The first kappa shape index (κ1) is 13.6. The molecule has 7 heteroatoms.